The molecule has 1 atom stereocenters. The van der Waals surface area contributed by atoms with E-state index in [0.29, 0.717) is 31.7 Å². The van der Waals surface area contributed by atoms with Crippen molar-refractivity contribution in [3.8, 4) is 0 Å². The van der Waals surface area contributed by atoms with E-state index in [-0.39, 0.29) is 30.5 Å². The third-order valence-corrected chi connectivity index (χ3v) is 5.52. The van der Waals surface area contributed by atoms with Crippen LogP contribution in [0.4, 0.5) is 14.6 Å². The van der Waals surface area contributed by atoms with Crippen LogP contribution in [-0.4, -0.2) is 50.3 Å². The van der Waals surface area contributed by atoms with Gasteiger partial charge in [0.05, 0.1) is 13.0 Å². The van der Waals surface area contributed by atoms with Crippen LogP contribution in [0.2, 0.25) is 0 Å². The lowest BCUT2D eigenvalue weighted by atomic mass is 10.1. The van der Waals surface area contributed by atoms with E-state index in [1.54, 1.807) is 11.8 Å². The largest absolute Gasteiger partial charge is 0.466 e. The Hall–Kier alpha value is -1.84. The molecule has 0 unspecified atom stereocenters. The number of halogens is 2. The highest BCUT2D eigenvalue weighted by Crippen LogP contribution is 2.44. The van der Waals surface area contributed by atoms with Gasteiger partial charge in [0, 0.05) is 31.3 Å². The molecular weight excluding hydrogens is 368 g/mol. The maximum Gasteiger partial charge on any atom is 0.306 e. The van der Waals surface area contributed by atoms with Crippen LogP contribution >= 0.6 is 0 Å². The first-order valence-corrected chi connectivity index (χ1v) is 10.4. The Morgan fingerprint density at radius 2 is 2.12 bits per heavy atom. The third-order valence-electron chi connectivity index (χ3n) is 4.68. The number of esters is 1. The van der Waals surface area contributed by atoms with Crippen LogP contribution in [0.1, 0.15) is 37.4 Å². The predicted molar refractivity (Wildman–Crippen MR) is 88.9 cm³/mol. The van der Waals surface area contributed by atoms with Crippen molar-refractivity contribution in [3.05, 3.63) is 11.3 Å². The molecule has 1 aliphatic carbocycles. The third kappa shape index (κ3) is 3.65. The summed E-state index contributed by atoms with van der Waals surface area (Å²) in [5.41, 5.74) is -0.184. The second-order valence-electron chi connectivity index (χ2n) is 6.74. The zero-order chi connectivity index (χ0) is 19.1. The summed E-state index contributed by atoms with van der Waals surface area (Å²) in [5, 5.41) is -0.582. The van der Waals surface area contributed by atoms with Gasteiger partial charge in [-0.3, -0.25) is 4.79 Å². The number of aromatic nitrogens is 2. The molecule has 0 spiro atoms. The number of ether oxygens (including phenoxy) is 1. The molecule has 7 nitrogen and oxygen atoms in total. The Kier molecular flexibility index (Phi) is 4.89. The smallest absolute Gasteiger partial charge is 0.306 e. The average Bonchev–Trinajstić information content (AvgIpc) is 3.11. The van der Waals surface area contributed by atoms with Crippen LogP contribution in [0.5, 0.6) is 0 Å². The van der Waals surface area contributed by atoms with Crippen LogP contribution < -0.4 is 4.90 Å². The summed E-state index contributed by atoms with van der Waals surface area (Å²) >= 11 is 0. The summed E-state index contributed by atoms with van der Waals surface area (Å²) < 4.78 is 56.9. The lowest BCUT2D eigenvalue weighted by Crippen LogP contribution is -2.25. The van der Waals surface area contributed by atoms with E-state index < -0.39 is 33.0 Å². The quantitative estimate of drug-likeness (QED) is 0.559. The first-order chi connectivity index (χ1) is 12.1. The summed E-state index contributed by atoms with van der Waals surface area (Å²) in [7, 11) is -3.82. The minimum absolute atomic E-state index is 0.0169. The van der Waals surface area contributed by atoms with Gasteiger partial charge in [0.1, 0.15) is 11.5 Å². The zero-order valence-corrected chi connectivity index (χ0v) is 15.5. The molecule has 1 fully saturated rings. The summed E-state index contributed by atoms with van der Waals surface area (Å²) in [6.45, 7) is 3.00. The van der Waals surface area contributed by atoms with E-state index in [4.69, 9.17) is 4.74 Å². The van der Waals surface area contributed by atoms with Crippen molar-refractivity contribution in [3.63, 3.8) is 0 Å². The second kappa shape index (κ2) is 6.71. The van der Waals surface area contributed by atoms with Crippen molar-refractivity contribution >= 4 is 21.6 Å². The Balaban J connectivity index is 1.91. The van der Waals surface area contributed by atoms with Gasteiger partial charge >= 0.3 is 5.97 Å². The highest BCUT2D eigenvalue weighted by molar-refractivity contribution is 7.90. The molecule has 0 radical (unpaired) electrons. The number of rotatable bonds is 5. The van der Waals surface area contributed by atoms with Crippen molar-refractivity contribution in [1.29, 1.82) is 0 Å². The monoisotopic (exact) mass is 389 g/mol. The highest BCUT2D eigenvalue weighted by atomic mass is 32.2. The maximum absolute atomic E-state index is 14.1. The number of hydrogen-bond acceptors (Lipinski definition) is 7. The van der Waals surface area contributed by atoms with Gasteiger partial charge < -0.3 is 9.64 Å². The Morgan fingerprint density at radius 1 is 1.38 bits per heavy atom. The fourth-order valence-electron chi connectivity index (χ4n) is 3.46. The fraction of sp³-hybridized carbons (Fsp3) is 0.688. The lowest BCUT2D eigenvalue weighted by Gasteiger charge is -2.21. The zero-order valence-electron chi connectivity index (χ0n) is 14.7. The first-order valence-electron chi connectivity index (χ1n) is 8.51. The van der Waals surface area contributed by atoms with Crippen molar-refractivity contribution in [1.82, 2.24) is 9.97 Å². The molecular formula is C16H21F2N3O4S. The van der Waals surface area contributed by atoms with Crippen LogP contribution in [0.25, 0.3) is 0 Å². The number of carbonyl (C=O) groups excluding carboxylic acids is 1. The molecule has 144 valence electrons. The van der Waals surface area contributed by atoms with E-state index in [1.807, 2.05) is 0 Å². The summed E-state index contributed by atoms with van der Waals surface area (Å²) in [5.74, 6) is -3.19. The van der Waals surface area contributed by atoms with Crippen molar-refractivity contribution in [2.45, 2.75) is 43.7 Å². The van der Waals surface area contributed by atoms with E-state index in [1.165, 1.54) is 0 Å². The molecule has 0 amide bonds. The molecule has 1 aromatic heterocycles. The molecule has 1 aromatic rings. The summed E-state index contributed by atoms with van der Waals surface area (Å²) in [6.07, 6.45) is 1.52. The van der Waals surface area contributed by atoms with E-state index in [2.05, 4.69) is 9.97 Å². The molecule has 1 saturated heterocycles. The van der Waals surface area contributed by atoms with Gasteiger partial charge in [0.15, 0.2) is 0 Å². The second-order valence-corrected chi connectivity index (χ2v) is 8.65. The number of hydrogen-bond donors (Lipinski definition) is 0. The molecule has 0 bridgehead atoms. The van der Waals surface area contributed by atoms with Crippen LogP contribution in [0, 0.1) is 5.92 Å². The number of fused-ring (bicyclic) bond motifs is 1. The molecule has 0 N–H and O–H groups in total. The number of nitrogens with zero attached hydrogens (tertiary/aromatic N) is 3. The van der Waals surface area contributed by atoms with Gasteiger partial charge in [-0.1, -0.05) is 0 Å². The molecule has 0 saturated carbocycles. The van der Waals surface area contributed by atoms with E-state index >= 15 is 0 Å². The maximum atomic E-state index is 14.1. The van der Waals surface area contributed by atoms with Gasteiger partial charge in [-0.2, -0.15) is 8.78 Å². The standard InChI is InChI=1S/C16H21F2N3O4S/c1-3-25-12(22)8-10-5-7-21(9-10)14-11-4-6-16(17,18)13(11)19-15(20-14)26(2,23)24/h10H,3-9H2,1-2H3/t10-/m1/s1. The Labute approximate surface area is 150 Å². The molecule has 1 aliphatic heterocycles. The lowest BCUT2D eigenvalue weighted by molar-refractivity contribution is -0.144. The summed E-state index contributed by atoms with van der Waals surface area (Å²) in [4.78, 5) is 21.2. The molecule has 3 rings (SSSR count). The SMILES string of the molecule is CCOC(=O)C[C@H]1CCN(c2nc(S(C)(=O)=O)nc3c2CCC3(F)F)C1. The highest BCUT2D eigenvalue weighted by Gasteiger charge is 2.45. The van der Waals surface area contributed by atoms with Crippen LogP contribution in [-0.2, 0) is 31.7 Å². The fourth-order valence-corrected chi connectivity index (χ4v) is 3.97. The minimum atomic E-state index is -3.82. The molecule has 10 heteroatoms. The normalized spacial score (nSPS) is 21.7. The number of anilines is 1. The van der Waals surface area contributed by atoms with Gasteiger partial charge in [-0.25, -0.2) is 18.4 Å². The number of alkyl halides is 2. The number of carbonyl (C=O) groups is 1. The molecule has 26 heavy (non-hydrogen) atoms. The Bertz CT molecular complexity index is 829. The molecule has 0 aromatic carbocycles. The van der Waals surface area contributed by atoms with Crippen molar-refractivity contribution in [2.24, 2.45) is 5.92 Å². The number of sulfone groups is 1. The van der Waals surface area contributed by atoms with Gasteiger partial charge in [-0.05, 0) is 25.7 Å². The predicted octanol–water partition coefficient (Wildman–Crippen LogP) is 1.70. The molecule has 2 heterocycles. The van der Waals surface area contributed by atoms with Crippen molar-refractivity contribution < 1.29 is 26.7 Å². The minimum Gasteiger partial charge on any atom is -0.466 e. The topological polar surface area (TPSA) is 89.5 Å². The van der Waals surface area contributed by atoms with Crippen molar-refractivity contribution in [2.75, 3.05) is 30.9 Å². The van der Waals surface area contributed by atoms with Crippen LogP contribution in [0.3, 0.4) is 0 Å². The van der Waals surface area contributed by atoms with E-state index in [9.17, 15) is 22.0 Å². The molecule has 2 aliphatic rings. The Morgan fingerprint density at radius 3 is 2.77 bits per heavy atom. The van der Waals surface area contributed by atoms with E-state index in [0.717, 1.165) is 6.26 Å². The average molecular weight is 389 g/mol. The first kappa shape index (κ1) is 18.9. The van der Waals surface area contributed by atoms with Gasteiger partial charge in [0.2, 0.25) is 15.0 Å². The van der Waals surface area contributed by atoms with Gasteiger partial charge in [-0.15, -0.1) is 0 Å². The van der Waals surface area contributed by atoms with Crippen LogP contribution in [0.15, 0.2) is 5.16 Å². The summed E-state index contributed by atoms with van der Waals surface area (Å²) in [6, 6.07) is 0. The van der Waals surface area contributed by atoms with Gasteiger partial charge in [0.25, 0.3) is 5.92 Å².